The molecule has 0 aliphatic rings. The first-order valence-corrected chi connectivity index (χ1v) is 3.50. The van der Waals surface area contributed by atoms with E-state index in [1.807, 2.05) is 0 Å². The summed E-state index contributed by atoms with van der Waals surface area (Å²) in [5.74, 6) is 0. The van der Waals surface area contributed by atoms with E-state index < -0.39 is 20.2 Å². The van der Waals surface area contributed by atoms with Crippen molar-refractivity contribution in [2.45, 2.75) is 0 Å². The van der Waals surface area contributed by atoms with E-state index in [1.165, 1.54) is 0 Å². The van der Waals surface area contributed by atoms with Crippen LogP contribution in [0.25, 0.3) is 0 Å². The quantitative estimate of drug-likeness (QED) is 0.265. The summed E-state index contributed by atoms with van der Waals surface area (Å²) in [6.45, 7) is 0. The van der Waals surface area contributed by atoms with Crippen molar-refractivity contribution in [1.82, 2.24) is 0 Å². The predicted octanol–water partition coefficient (Wildman–Crippen LogP) is -1.72. The molecule has 0 N–H and O–H groups in total. The van der Waals surface area contributed by atoms with Gasteiger partial charge in [0.2, 0.25) is 0 Å². The van der Waals surface area contributed by atoms with E-state index >= 15 is 0 Å². The molecule has 0 saturated carbocycles. The van der Waals surface area contributed by atoms with Gasteiger partial charge in [-0.3, -0.25) is 8.42 Å². The minimum absolute atomic E-state index is 0. The van der Waals surface area contributed by atoms with Crippen molar-refractivity contribution in [3.8, 4) is 0 Å². The standard InChI is InChI=1S/Ca.H2O4S2/c;1-5(2)6(3)4/h;(H,1,2)(H,3,4)/q+2;/p-2. The van der Waals surface area contributed by atoms with Crippen LogP contribution in [0.15, 0.2) is 0 Å². The van der Waals surface area contributed by atoms with Gasteiger partial charge < -0.3 is 9.11 Å². The van der Waals surface area contributed by atoms with Gasteiger partial charge in [-0.2, -0.15) is 0 Å². The van der Waals surface area contributed by atoms with Gasteiger partial charge in [0.15, 0.2) is 0 Å². The fourth-order valence-electron chi connectivity index (χ4n) is 0. The molecule has 0 aliphatic carbocycles. The van der Waals surface area contributed by atoms with Crippen LogP contribution in [0.2, 0.25) is 0 Å². The van der Waals surface area contributed by atoms with Gasteiger partial charge in [-0.05, 0) is 0 Å². The molecule has 7 heavy (non-hydrogen) atoms. The molecule has 0 aromatic carbocycles. The molecule has 4 nitrogen and oxygen atoms in total. The molecule has 0 rings (SSSR count). The van der Waals surface area contributed by atoms with Gasteiger partial charge in [-0.15, -0.1) is 0 Å². The molecule has 7 heteroatoms. The van der Waals surface area contributed by atoms with Crippen molar-refractivity contribution in [2.75, 3.05) is 0 Å². The monoisotopic (exact) mass is 168 g/mol. The van der Waals surface area contributed by atoms with E-state index in [1.54, 1.807) is 0 Å². The topological polar surface area (TPSA) is 80.3 Å². The van der Waals surface area contributed by atoms with Crippen molar-refractivity contribution >= 4 is 58.0 Å². The van der Waals surface area contributed by atoms with E-state index in [4.69, 9.17) is 17.5 Å². The smallest absolute Gasteiger partial charge is 0.763 e. The van der Waals surface area contributed by atoms with E-state index in [9.17, 15) is 0 Å². The Bertz CT molecular complexity index is 75.7. The van der Waals surface area contributed by atoms with E-state index in [2.05, 4.69) is 0 Å². The van der Waals surface area contributed by atoms with Crippen LogP contribution in [-0.4, -0.2) is 55.3 Å². The Hall–Kier alpha value is 1.48. The molecule has 0 aromatic heterocycles. The minimum atomic E-state index is -2.95. The van der Waals surface area contributed by atoms with Gasteiger partial charge in [0.05, 0.1) is 0 Å². The molecule has 0 saturated heterocycles. The summed E-state index contributed by atoms with van der Waals surface area (Å²) in [7, 11) is -5.90. The zero-order chi connectivity index (χ0) is 5.15. The van der Waals surface area contributed by atoms with Crippen LogP contribution in [-0.2, 0) is 20.2 Å². The normalized spacial score (nSPS) is 16.9. The van der Waals surface area contributed by atoms with Gasteiger partial charge in [0, 0.05) is 20.2 Å². The Kier molecular flexibility index (Phi) is 9.06. The molecule has 0 fully saturated rings. The average molecular weight is 168 g/mol. The van der Waals surface area contributed by atoms with E-state index in [0.717, 1.165) is 0 Å². The second-order valence-corrected chi connectivity index (χ2v) is 2.86. The molecule has 0 aliphatic heterocycles. The van der Waals surface area contributed by atoms with Gasteiger partial charge in [0.1, 0.15) is 0 Å². The molecular formula is CaO4S2. The molecule has 0 bridgehead atoms. The summed E-state index contributed by atoms with van der Waals surface area (Å²) in [4.78, 5) is 0. The van der Waals surface area contributed by atoms with Crippen LogP contribution < -0.4 is 0 Å². The summed E-state index contributed by atoms with van der Waals surface area (Å²) in [6, 6.07) is 0. The van der Waals surface area contributed by atoms with Gasteiger partial charge in [-0.1, -0.05) is 0 Å². The maximum Gasteiger partial charge on any atom is 2.00 e. The molecule has 0 radical (unpaired) electrons. The van der Waals surface area contributed by atoms with Crippen LogP contribution in [0, 0.1) is 0 Å². The van der Waals surface area contributed by atoms with Crippen LogP contribution in [0.4, 0.5) is 0 Å². The molecule has 0 spiro atoms. The Morgan fingerprint density at radius 2 is 1.14 bits per heavy atom. The first kappa shape index (κ1) is 11.3. The Labute approximate surface area is 74.6 Å². The van der Waals surface area contributed by atoms with E-state index in [0.29, 0.717) is 0 Å². The van der Waals surface area contributed by atoms with Crippen molar-refractivity contribution in [3.63, 3.8) is 0 Å². The van der Waals surface area contributed by atoms with Gasteiger partial charge in [-0.25, -0.2) is 0 Å². The SMILES string of the molecule is O=S([O-])S(=O)[O-].[Ca+2]. The molecule has 0 heterocycles. The predicted molar refractivity (Wildman–Crippen MR) is 23.6 cm³/mol. The van der Waals surface area contributed by atoms with Crippen LogP contribution in [0.3, 0.4) is 0 Å². The third kappa shape index (κ3) is 7.48. The van der Waals surface area contributed by atoms with Gasteiger partial charge >= 0.3 is 37.7 Å². The summed E-state index contributed by atoms with van der Waals surface area (Å²) >= 11 is 0. The fourth-order valence-corrected chi connectivity index (χ4v) is 0. The largest absolute Gasteiger partial charge is 2.00 e. The molecule has 2 atom stereocenters. The molecule has 38 valence electrons. The summed E-state index contributed by atoms with van der Waals surface area (Å²) in [5.41, 5.74) is 0. The zero-order valence-electron chi connectivity index (χ0n) is 3.16. The van der Waals surface area contributed by atoms with Crippen LogP contribution in [0.5, 0.6) is 0 Å². The summed E-state index contributed by atoms with van der Waals surface area (Å²) in [6.07, 6.45) is 0. The second-order valence-electron chi connectivity index (χ2n) is 0.408. The third-order valence-corrected chi connectivity index (χ3v) is 1.00. The fraction of sp³-hybridized carbons (Fsp3) is 0. The number of rotatable bonds is 1. The van der Waals surface area contributed by atoms with Crippen molar-refractivity contribution < 1.29 is 17.5 Å². The third-order valence-electron chi connectivity index (χ3n) is 0.111. The first-order chi connectivity index (χ1) is 2.64. The number of hydrogen-bond donors (Lipinski definition) is 0. The van der Waals surface area contributed by atoms with Crippen LogP contribution >= 0.6 is 0 Å². The minimum Gasteiger partial charge on any atom is -0.763 e. The summed E-state index contributed by atoms with van der Waals surface area (Å²) in [5, 5.41) is 0. The maximum atomic E-state index is 9.09. The molecule has 0 amide bonds. The maximum absolute atomic E-state index is 9.09. The van der Waals surface area contributed by atoms with Crippen LogP contribution in [0.1, 0.15) is 0 Å². The zero-order valence-corrected chi connectivity index (χ0v) is 7.00. The first-order valence-electron chi connectivity index (χ1n) is 0.833. The Balaban J connectivity index is 0. The Morgan fingerprint density at radius 3 is 1.14 bits per heavy atom. The van der Waals surface area contributed by atoms with Crippen molar-refractivity contribution in [1.29, 1.82) is 0 Å². The Morgan fingerprint density at radius 1 is 1.00 bits per heavy atom. The molecular weight excluding hydrogens is 168 g/mol. The molecule has 2 unspecified atom stereocenters. The second kappa shape index (κ2) is 5.61. The summed E-state index contributed by atoms with van der Waals surface area (Å²) < 4.78 is 36.3. The van der Waals surface area contributed by atoms with E-state index in [-0.39, 0.29) is 37.7 Å². The number of hydrogen-bond acceptors (Lipinski definition) is 4. The van der Waals surface area contributed by atoms with Gasteiger partial charge in [0.25, 0.3) is 0 Å². The average Bonchev–Trinajstić information content (AvgIpc) is 1.36. The molecule has 0 aromatic rings. The van der Waals surface area contributed by atoms with Crippen molar-refractivity contribution in [2.24, 2.45) is 0 Å². The van der Waals surface area contributed by atoms with Crippen molar-refractivity contribution in [3.05, 3.63) is 0 Å².